The summed E-state index contributed by atoms with van der Waals surface area (Å²) in [5.74, 6) is -0.488. The van der Waals surface area contributed by atoms with Crippen molar-refractivity contribution in [1.82, 2.24) is 4.90 Å². The van der Waals surface area contributed by atoms with Crippen LogP contribution >= 0.6 is 34.3 Å². The van der Waals surface area contributed by atoms with Crippen LogP contribution in [0.5, 0.6) is 0 Å². The van der Waals surface area contributed by atoms with E-state index in [1.165, 1.54) is 22.6 Å². The molecule has 3 aromatic rings. The van der Waals surface area contributed by atoms with Crippen LogP contribution < -0.4 is 5.32 Å². The highest BCUT2D eigenvalue weighted by Crippen LogP contribution is 2.40. The van der Waals surface area contributed by atoms with E-state index in [0.29, 0.717) is 6.54 Å². The molecule has 0 bridgehead atoms. The van der Waals surface area contributed by atoms with Gasteiger partial charge in [0.2, 0.25) is 5.91 Å². The molecule has 0 saturated heterocycles. The SMILES string of the molecule is O=C(CN1CCc2sccc2[C@H]1c1cccs1)Nc1ccc(Cl)cc1C(F)(F)F. The van der Waals surface area contributed by atoms with Gasteiger partial charge in [-0.3, -0.25) is 9.69 Å². The predicted molar refractivity (Wildman–Crippen MR) is 111 cm³/mol. The first-order chi connectivity index (χ1) is 13.8. The second-order valence-corrected chi connectivity index (χ2v) is 9.09. The second-order valence-electron chi connectivity index (χ2n) is 6.67. The average Bonchev–Trinajstić information content (AvgIpc) is 3.33. The molecule has 152 valence electrons. The molecule has 1 aliphatic rings. The van der Waals surface area contributed by atoms with Gasteiger partial charge in [0.05, 0.1) is 23.8 Å². The van der Waals surface area contributed by atoms with Crippen molar-refractivity contribution in [2.75, 3.05) is 18.4 Å². The molecular formula is C20H16ClF3N2OS2. The van der Waals surface area contributed by atoms with E-state index in [-0.39, 0.29) is 23.3 Å². The van der Waals surface area contributed by atoms with Gasteiger partial charge < -0.3 is 5.32 Å². The molecule has 2 aromatic heterocycles. The highest BCUT2D eigenvalue weighted by atomic mass is 35.5. The number of nitrogens with one attached hydrogen (secondary N) is 1. The number of nitrogens with zero attached hydrogens (tertiary/aromatic N) is 1. The van der Waals surface area contributed by atoms with Gasteiger partial charge in [0.15, 0.2) is 0 Å². The van der Waals surface area contributed by atoms with Crippen LogP contribution in [0.25, 0.3) is 0 Å². The Morgan fingerprint density at radius 3 is 2.76 bits per heavy atom. The Hall–Kier alpha value is -1.87. The second kappa shape index (κ2) is 8.10. The van der Waals surface area contributed by atoms with Crippen molar-refractivity contribution in [3.63, 3.8) is 0 Å². The third kappa shape index (κ3) is 4.35. The van der Waals surface area contributed by atoms with Crippen molar-refractivity contribution in [3.8, 4) is 0 Å². The predicted octanol–water partition coefficient (Wildman–Crippen LogP) is 6.07. The quantitative estimate of drug-likeness (QED) is 0.517. The van der Waals surface area contributed by atoms with E-state index in [2.05, 4.69) is 11.4 Å². The van der Waals surface area contributed by atoms with Crippen LogP contribution in [0.2, 0.25) is 5.02 Å². The van der Waals surface area contributed by atoms with E-state index < -0.39 is 17.6 Å². The molecule has 3 heterocycles. The van der Waals surface area contributed by atoms with E-state index in [1.807, 2.05) is 27.8 Å². The van der Waals surface area contributed by atoms with E-state index in [4.69, 9.17) is 11.6 Å². The largest absolute Gasteiger partial charge is 0.418 e. The fraction of sp³-hybridized carbons (Fsp3) is 0.250. The van der Waals surface area contributed by atoms with Gasteiger partial charge in [-0.1, -0.05) is 17.7 Å². The number of amides is 1. The lowest BCUT2D eigenvalue weighted by Crippen LogP contribution is -2.40. The average molecular weight is 457 g/mol. The number of carbonyl (C=O) groups is 1. The number of benzene rings is 1. The summed E-state index contributed by atoms with van der Waals surface area (Å²) in [6.45, 7) is 0.661. The normalized spacial score (nSPS) is 17.2. The smallest absolute Gasteiger partial charge is 0.324 e. The topological polar surface area (TPSA) is 32.3 Å². The Balaban J connectivity index is 1.56. The molecule has 0 saturated carbocycles. The van der Waals surface area contributed by atoms with Crippen LogP contribution in [0.1, 0.15) is 26.9 Å². The number of thiophene rings is 2. The highest BCUT2D eigenvalue weighted by molar-refractivity contribution is 7.10. The maximum Gasteiger partial charge on any atom is 0.418 e. The van der Waals surface area contributed by atoms with E-state index >= 15 is 0 Å². The minimum Gasteiger partial charge on any atom is -0.324 e. The number of halogens is 4. The molecule has 1 aromatic carbocycles. The summed E-state index contributed by atoms with van der Waals surface area (Å²) < 4.78 is 39.9. The van der Waals surface area contributed by atoms with Crippen LogP contribution in [-0.4, -0.2) is 23.9 Å². The molecular weight excluding hydrogens is 441 g/mol. The fourth-order valence-electron chi connectivity index (χ4n) is 3.55. The minimum atomic E-state index is -4.61. The van der Waals surface area contributed by atoms with E-state index in [9.17, 15) is 18.0 Å². The summed E-state index contributed by atoms with van der Waals surface area (Å²) in [5, 5.41) is 6.41. The lowest BCUT2D eigenvalue weighted by Gasteiger charge is -2.35. The Morgan fingerprint density at radius 2 is 2.03 bits per heavy atom. The first-order valence-electron chi connectivity index (χ1n) is 8.83. The fourth-order valence-corrected chi connectivity index (χ4v) is 5.51. The lowest BCUT2D eigenvalue weighted by atomic mass is 9.98. The maximum atomic E-state index is 13.3. The number of rotatable bonds is 4. The zero-order valence-corrected chi connectivity index (χ0v) is 17.4. The van der Waals surface area contributed by atoms with E-state index in [0.717, 1.165) is 17.4 Å². The Bertz CT molecular complexity index is 1020. The molecule has 1 amide bonds. The molecule has 0 radical (unpaired) electrons. The maximum absolute atomic E-state index is 13.3. The van der Waals surface area contributed by atoms with Gasteiger partial charge in [0.25, 0.3) is 0 Å². The summed E-state index contributed by atoms with van der Waals surface area (Å²) in [6.07, 6.45) is -3.79. The number of fused-ring (bicyclic) bond motifs is 1. The molecule has 29 heavy (non-hydrogen) atoms. The molecule has 1 N–H and O–H groups in total. The monoisotopic (exact) mass is 456 g/mol. The first kappa shape index (κ1) is 20.4. The number of anilines is 1. The summed E-state index contributed by atoms with van der Waals surface area (Å²) >= 11 is 9.01. The van der Waals surface area contributed by atoms with Crippen molar-refractivity contribution in [1.29, 1.82) is 0 Å². The lowest BCUT2D eigenvalue weighted by molar-refractivity contribution is -0.137. The van der Waals surface area contributed by atoms with Crippen molar-refractivity contribution in [2.24, 2.45) is 0 Å². The van der Waals surface area contributed by atoms with Gasteiger partial charge in [0, 0.05) is 21.3 Å². The molecule has 0 fully saturated rings. The Labute approximate surface area is 178 Å². The molecule has 1 aliphatic heterocycles. The van der Waals surface area contributed by atoms with Crippen LogP contribution in [0, 0.1) is 0 Å². The third-order valence-electron chi connectivity index (χ3n) is 4.79. The van der Waals surface area contributed by atoms with Crippen molar-refractivity contribution in [3.05, 3.63) is 73.1 Å². The summed E-state index contributed by atoms with van der Waals surface area (Å²) in [4.78, 5) is 17.1. The zero-order chi connectivity index (χ0) is 20.6. The first-order valence-corrected chi connectivity index (χ1v) is 11.0. The molecule has 0 spiro atoms. The van der Waals surface area contributed by atoms with Gasteiger partial charge >= 0.3 is 6.18 Å². The van der Waals surface area contributed by atoms with Crippen LogP contribution in [-0.2, 0) is 17.4 Å². The molecule has 3 nitrogen and oxygen atoms in total. The standard InChI is InChI=1S/C20H16ClF3N2OS2/c21-12-3-4-15(14(10-12)20(22,23)24)25-18(27)11-26-7-5-16-13(6-9-29-16)19(26)17-2-1-8-28-17/h1-4,6,8-10,19H,5,7,11H2,(H,25,27)/t19-/m0/s1. The van der Waals surface area contributed by atoms with Gasteiger partial charge in [-0.15, -0.1) is 22.7 Å². The van der Waals surface area contributed by atoms with Gasteiger partial charge in [-0.2, -0.15) is 13.2 Å². The summed E-state index contributed by atoms with van der Waals surface area (Å²) in [6, 6.07) is 9.32. The highest BCUT2D eigenvalue weighted by Gasteiger charge is 2.35. The Morgan fingerprint density at radius 1 is 1.21 bits per heavy atom. The number of carbonyl (C=O) groups excluding carboxylic acids is 1. The number of alkyl halides is 3. The molecule has 1 atom stereocenters. The molecule has 0 aliphatic carbocycles. The van der Waals surface area contributed by atoms with Crippen molar-refractivity contribution in [2.45, 2.75) is 18.6 Å². The molecule has 4 rings (SSSR count). The third-order valence-corrected chi connectivity index (χ3v) is 6.94. The minimum absolute atomic E-state index is 0.00221. The molecule has 9 heteroatoms. The van der Waals surface area contributed by atoms with Crippen molar-refractivity contribution >= 4 is 45.9 Å². The van der Waals surface area contributed by atoms with Gasteiger partial charge in [0.1, 0.15) is 0 Å². The van der Waals surface area contributed by atoms with Gasteiger partial charge in [-0.05, 0) is 53.1 Å². The van der Waals surface area contributed by atoms with Gasteiger partial charge in [-0.25, -0.2) is 0 Å². The van der Waals surface area contributed by atoms with Crippen LogP contribution in [0.4, 0.5) is 18.9 Å². The summed E-state index contributed by atoms with van der Waals surface area (Å²) in [5.41, 5.74) is -0.0706. The summed E-state index contributed by atoms with van der Waals surface area (Å²) in [7, 11) is 0. The van der Waals surface area contributed by atoms with Crippen molar-refractivity contribution < 1.29 is 18.0 Å². The van der Waals surface area contributed by atoms with Crippen LogP contribution in [0.15, 0.2) is 47.2 Å². The number of hydrogen-bond acceptors (Lipinski definition) is 4. The van der Waals surface area contributed by atoms with Crippen LogP contribution in [0.3, 0.4) is 0 Å². The van der Waals surface area contributed by atoms with E-state index in [1.54, 1.807) is 22.7 Å². The zero-order valence-electron chi connectivity index (χ0n) is 15.0. The number of hydrogen-bond donors (Lipinski definition) is 1. The Kier molecular flexibility index (Phi) is 5.70. The molecule has 0 unspecified atom stereocenters.